The van der Waals surface area contributed by atoms with Crippen LogP contribution in [0.4, 0.5) is 0 Å². The number of hydrogen-bond acceptors (Lipinski definition) is 2. The number of hydrogen-bond donors (Lipinski definition) is 0. The summed E-state index contributed by atoms with van der Waals surface area (Å²) in [6.45, 7) is 4.18. The third-order valence-corrected chi connectivity index (χ3v) is 2.88. The van der Waals surface area contributed by atoms with E-state index in [2.05, 4.69) is 34.8 Å². The van der Waals surface area contributed by atoms with Gasteiger partial charge in [-0.2, -0.15) is 0 Å². The predicted molar refractivity (Wildman–Crippen MR) is 66.8 cm³/mol. The zero-order valence-corrected chi connectivity index (χ0v) is 10.8. The van der Waals surface area contributed by atoms with Gasteiger partial charge in [-0.15, -0.1) is 0 Å². The Bertz CT molecular complexity index is 479. The number of aromatic nitrogens is 2. The summed E-state index contributed by atoms with van der Waals surface area (Å²) < 4.78 is 8.66. The maximum absolute atomic E-state index is 5.75. The highest BCUT2D eigenvalue weighted by Crippen LogP contribution is 2.29. The molecule has 0 fully saturated rings. The van der Waals surface area contributed by atoms with Crippen molar-refractivity contribution < 1.29 is 4.74 Å². The SMILES string of the molecule is CC(C)n1ccnc1Oc1ccccc1Br. The first kappa shape index (κ1) is 11.2. The Morgan fingerprint density at radius 1 is 1.31 bits per heavy atom. The van der Waals surface area contributed by atoms with Gasteiger partial charge in [0.05, 0.1) is 4.47 Å². The highest BCUT2D eigenvalue weighted by molar-refractivity contribution is 9.10. The van der Waals surface area contributed by atoms with E-state index in [1.807, 2.05) is 35.0 Å². The second-order valence-electron chi connectivity index (χ2n) is 3.74. The summed E-state index contributed by atoms with van der Waals surface area (Å²) in [7, 11) is 0. The molecule has 0 aliphatic carbocycles. The average Bonchev–Trinajstić information content (AvgIpc) is 2.69. The first-order valence-electron chi connectivity index (χ1n) is 5.13. The van der Waals surface area contributed by atoms with Crippen molar-refractivity contribution in [1.29, 1.82) is 0 Å². The van der Waals surface area contributed by atoms with Crippen molar-refractivity contribution in [1.82, 2.24) is 9.55 Å². The molecule has 0 amide bonds. The number of para-hydroxylation sites is 1. The predicted octanol–water partition coefficient (Wildman–Crippen LogP) is 4.02. The zero-order chi connectivity index (χ0) is 11.5. The Kier molecular flexibility index (Phi) is 3.29. The lowest BCUT2D eigenvalue weighted by Crippen LogP contribution is -2.02. The topological polar surface area (TPSA) is 27.1 Å². The molecule has 0 aliphatic heterocycles. The molecule has 16 heavy (non-hydrogen) atoms. The van der Waals surface area contributed by atoms with Gasteiger partial charge in [-0.05, 0) is 41.9 Å². The number of nitrogens with zero attached hydrogens (tertiary/aromatic N) is 2. The van der Waals surface area contributed by atoms with Gasteiger partial charge in [-0.1, -0.05) is 12.1 Å². The van der Waals surface area contributed by atoms with E-state index in [1.54, 1.807) is 6.20 Å². The molecule has 0 bridgehead atoms. The van der Waals surface area contributed by atoms with Crippen LogP contribution in [0, 0.1) is 0 Å². The minimum Gasteiger partial charge on any atom is -0.424 e. The van der Waals surface area contributed by atoms with Crippen molar-refractivity contribution in [2.24, 2.45) is 0 Å². The molecule has 0 N–H and O–H groups in total. The smallest absolute Gasteiger partial charge is 0.302 e. The average molecular weight is 281 g/mol. The number of benzene rings is 1. The third-order valence-electron chi connectivity index (χ3n) is 2.23. The van der Waals surface area contributed by atoms with Gasteiger partial charge in [0.25, 0.3) is 0 Å². The van der Waals surface area contributed by atoms with Gasteiger partial charge in [0, 0.05) is 18.4 Å². The molecule has 1 aromatic carbocycles. The Labute approximate surface area is 103 Å². The summed E-state index contributed by atoms with van der Waals surface area (Å²) in [5.74, 6) is 0.774. The maximum Gasteiger partial charge on any atom is 0.302 e. The summed E-state index contributed by atoms with van der Waals surface area (Å²) >= 11 is 3.44. The van der Waals surface area contributed by atoms with Crippen LogP contribution in [0.25, 0.3) is 0 Å². The fourth-order valence-electron chi connectivity index (χ4n) is 1.40. The minimum atomic E-state index is 0.333. The van der Waals surface area contributed by atoms with Crippen molar-refractivity contribution in [3.8, 4) is 11.8 Å². The monoisotopic (exact) mass is 280 g/mol. The van der Waals surface area contributed by atoms with Crippen LogP contribution in [-0.2, 0) is 0 Å². The second-order valence-corrected chi connectivity index (χ2v) is 4.60. The van der Waals surface area contributed by atoms with Crippen molar-refractivity contribution in [3.63, 3.8) is 0 Å². The molecule has 84 valence electrons. The van der Waals surface area contributed by atoms with Gasteiger partial charge in [-0.3, -0.25) is 4.57 Å². The van der Waals surface area contributed by atoms with E-state index in [1.165, 1.54) is 0 Å². The summed E-state index contributed by atoms with van der Waals surface area (Å²) in [6.07, 6.45) is 3.66. The van der Waals surface area contributed by atoms with Crippen LogP contribution < -0.4 is 4.74 Å². The van der Waals surface area contributed by atoms with Gasteiger partial charge in [0.2, 0.25) is 0 Å². The van der Waals surface area contributed by atoms with Gasteiger partial charge in [0.15, 0.2) is 0 Å². The summed E-state index contributed by atoms with van der Waals surface area (Å²) in [5.41, 5.74) is 0. The van der Waals surface area contributed by atoms with Gasteiger partial charge < -0.3 is 4.74 Å². The van der Waals surface area contributed by atoms with Crippen LogP contribution in [0.15, 0.2) is 41.1 Å². The van der Waals surface area contributed by atoms with E-state index in [0.717, 1.165) is 10.2 Å². The van der Waals surface area contributed by atoms with Crippen molar-refractivity contribution >= 4 is 15.9 Å². The largest absolute Gasteiger partial charge is 0.424 e. The van der Waals surface area contributed by atoms with Crippen LogP contribution in [0.3, 0.4) is 0 Å². The molecule has 1 aromatic heterocycles. The van der Waals surface area contributed by atoms with E-state index in [4.69, 9.17) is 4.74 Å². The van der Waals surface area contributed by atoms with Crippen LogP contribution in [0.2, 0.25) is 0 Å². The number of ether oxygens (including phenoxy) is 1. The first-order chi connectivity index (χ1) is 7.68. The molecule has 2 rings (SSSR count). The van der Waals surface area contributed by atoms with E-state index in [-0.39, 0.29) is 0 Å². The summed E-state index contributed by atoms with van der Waals surface area (Å²) in [6, 6.07) is 8.68. The lowest BCUT2D eigenvalue weighted by molar-refractivity contribution is 0.394. The highest BCUT2D eigenvalue weighted by Gasteiger charge is 2.09. The van der Waals surface area contributed by atoms with E-state index < -0.39 is 0 Å². The van der Waals surface area contributed by atoms with Crippen molar-refractivity contribution in [2.45, 2.75) is 19.9 Å². The first-order valence-corrected chi connectivity index (χ1v) is 5.93. The van der Waals surface area contributed by atoms with Crippen LogP contribution >= 0.6 is 15.9 Å². The standard InChI is InChI=1S/C12H13BrN2O/c1-9(2)15-8-7-14-12(15)16-11-6-4-3-5-10(11)13/h3-9H,1-2H3. The molecular formula is C12H13BrN2O. The van der Waals surface area contributed by atoms with Gasteiger partial charge >= 0.3 is 6.01 Å². The Hall–Kier alpha value is -1.29. The Morgan fingerprint density at radius 3 is 2.75 bits per heavy atom. The quantitative estimate of drug-likeness (QED) is 0.849. The van der Waals surface area contributed by atoms with Crippen molar-refractivity contribution in [3.05, 3.63) is 41.1 Å². The molecule has 3 nitrogen and oxygen atoms in total. The Balaban J connectivity index is 2.27. The zero-order valence-electron chi connectivity index (χ0n) is 9.22. The fourth-order valence-corrected chi connectivity index (χ4v) is 1.76. The summed E-state index contributed by atoms with van der Waals surface area (Å²) in [5, 5.41) is 0. The normalized spacial score (nSPS) is 10.8. The molecular weight excluding hydrogens is 268 g/mol. The van der Waals surface area contributed by atoms with Gasteiger partial charge in [-0.25, -0.2) is 4.98 Å². The second kappa shape index (κ2) is 4.70. The maximum atomic E-state index is 5.75. The lowest BCUT2D eigenvalue weighted by atomic mass is 10.3. The minimum absolute atomic E-state index is 0.333. The number of imidazole rings is 1. The molecule has 0 radical (unpaired) electrons. The molecule has 0 saturated carbocycles. The molecule has 2 aromatic rings. The van der Waals surface area contributed by atoms with E-state index in [9.17, 15) is 0 Å². The van der Waals surface area contributed by atoms with Gasteiger partial charge in [0.1, 0.15) is 5.75 Å². The van der Waals surface area contributed by atoms with Crippen LogP contribution in [0.1, 0.15) is 19.9 Å². The number of rotatable bonds is 3. The van der Waals surface area contributed by atoms with Crippen LogP contribution in [0.5, 0.6) is 11.8 Å². The summed E-state index contributed by atoms with van der Waals surface area (Å²) in [4.78, 5) is 4.19. The molecule has 1 heterocycles. The molecule has 4 heteroatoms. The number of halogens is 1. The van der Waals surface area contributed by atoms with Crippen molar-refractivity contribution in [2.75, 3.05) is 0 Å². The Morgan fingerprint density at radius 2 is 2.06 bits per heavy atom. The highest BCUT2D eigenvalue weighted by atomic mass is 79.9. The lowest BCUT2D eigenvalue weighted by Gasteiger charge is -2.12. The van der Waals surface area contributed by atoms with E-state index in [0.29, 0.717) is 12.1 Å². The van der Waals surface area contributed by atoms with Crippen LogP contribution in [-0.4, -0.2) is 9.55 Å². The molecule has 0 atom stereocenters. The molecule has 0 unspecified atom stereocenters. The molecule has 0 saturated heterocycles. The third kappa shape index (κ3) is 2.27. The fraction of sp³-hybridized carbons (Fsp3) is 0.250. The molecule has 0 spiro atoms. The molecule has 0 aliphatic rings. The van der Waals surface area contributed by atoms with E-state index >= 15 is 0 Å².